The number of nitrogen functional groups attached to an aromatic ring is 1. The van der Waals surface area contributed by atoms with E-state index in [0.29, 0.717) is 24.3 Å². The van der Waals surface area contributed by atoms with Gasteiger partial charge in [-0.3, -0.25) is 4.79 Å². The maximum Gasteiger partial charge on any atom is 0.270 e. The number of hydrogen-bond acceptors (Lipinski definition) is 5. The summed E-state index contributed by atoms with van der Waals surface area (Å²) in [5.74, 6) is 0.436. The van der Waals surface area contributed by atoms with E-state index in [1.807, 2.05) is 0 Å². The smallest absolute Gasteiger partial charge is 0.270 e. The summed E-state index contributed by atoms with van der Waals surface area (Å²) >= 11 is 0. The second-order valence-corrected chi connectivity index (χ2v) is 6.59. The number of rotatable bonds is 8. The number of carbonyl (C=O) groups is 1. The van der Waals surface area contributed by atoms with Crippen molar-refractivity contribution >= 4 is 11.9 Å². The Morgan fingerprint density at radius 1 is 1.43 bits per heavy atom. The lowest BCUT2D eigenvalue weighted by Gasteiger charge is -2.10. The van der Waals surface area contributed by atoms with Gasteiger partial charge in [0.25, 0.3) is 5.91 Å². The number of nitrogens with zero attached hydrogens (tertiary/aromatic N) is 2. The minimum absolute atomic E-state index is 0.159. The fraction of sp³-hybridized carbons (Fsp3) is 0.706. The number of nitrogens with one attached hydrogen (secondary N) is 1. The first kappa shape index (κ1) is 17.7. The van der Waals surface area contributed by atoms with Crippen LogP contribution in [0.3, 0.4) is 0 Å². The molecule has 1 aromatic rings. The number of ether oxygens (including phenoxy) is 1. The summed E-state index contributed by atoms with van der Waals surface area (Å²) in [7, 11) is 0. The molecule has 0 aromatic carbocycles. The molecule has 2 rings (SSSR count). The molecule has 1 aliphatic rings. The zero-order chi connectivity index (χ0) is 16.7. The van der Waals surface area contributed by atoms with Crippen molar-refractivity contribution in [2.75, 3.05) is 18.9 Å². The van der Waals surface area contributed by atoms with E-state index in [4.69, 9.17) is 10.5 Å². The van der Waals surface area contributed by atoms with E-state index in [-0.39, 0.29) is 11.9 Å². The summed E-state index contributed by atoms with van der Waals surface area (Å²) in [5, 5.41) is 2.91. The van der Waals surface area contributed by atoms with Gasteiger partial charge in [0.15, 0.2) is 0 Å². The number of aromatic nitrogens is 2. The lowest BCUT2D eigenvalue weighted by Crippen LogP contribution is -2.26. The molecule has 1 fully saturated rings. The topological polar surface area (TPSA) is 90.1 Å². The molecular weight excluding hydrogens is 292 g/mol. The summed E-state index contributed by atoms with van der Waals surface area (Å²) < 4.78 is 5.59. The molecule has 1 amide bonds. The van der Waals surface area contributed by atoms with Crippen molar-refractivity contribution in [3.05, 3.63) is 17.5 Å². The first-order chi connectivity index (χ1) is 11.0. The Labute approximate surface area is 138 Å². The standard InChI is InChI=1S/C17H28N4O2/c1-12(2)10-13-11-15(21-17(18)20-13)16(22)19-8-4-3-6-14-7-5-9-23-14/h11-12,14H,3-10H2,1-2H3,(H,19,22)(H2,18,20,21)/t14-/m1/s1. The van der Waals surface area contributed by atoms with Gasteiger partial charge in [-0.1, -0.05) is 13.8 Å². The SMILES string of the molecule is CC(C)Cc1cc(C(=O)NCCCC[C@@H]2CCCO2)nc(N)n1. The highest BCUT2D eigenvalue weighted by atomic mass is 16.5. The Morgan fingerprint density at radius 2 is 2.26 bits per heavy atom. The Morgan fingerprint density at radius 3 is 2.96 bits per heavy atom. The quantitative estimate of drug-likeness (QED) is 0.718. The molecule has 1 aliphatic heterocycles. The van der Waals surface area contributed by atoms with Gasteiger partial charge in [-0.05, 0) is 50.5 Å². The Kier molecular flexibility index (Phi) is 6.77. The van der Waals surface area contributed by atoms with E-state index in [0.717, 1.165) is 38.0 Å². The summed E-state index contributed by atoms with van der Waals surface area (Å²) in [6.45, 7) is 5.75. The summed E-state index contributed by atoms with van der Waals surface area (Å²) in [6.07, 6.45) is 6.65. The molecule has 0 aliphatic carbocycles. The molecule has 0 bridgehead atoms. The van der Waals surface area contributed by atoms with Crippen LogP contribution in [0.15, 0.2) is 6.07 Å². The van der Waals surface area contributed by atoms with Crippen molar-refractivity contribution in [1.82, 2.24) is 15.3 Å². The number of carbonyl (C=O) groups excluding carboxylic acids is 1. The molecular formula is C17H28N4O2. The van der Waals surface area contributed by atoms with Crippen LogP contribution in [0.5, 0.6) is 0 Å². The predicted octanol–water partition coefficient (Wildman–Crippen LogP) is 2.34. The maximum absolute atomic E-state index is 12.2. The number of anilines is 1. The van der Waals surface area contributed by atoms with Crippen LogP contribution in [-0.4, -0.2) is 35.1 Å². The first-order valence-electron chi connectivity index (χ1n) is 8.58. The van der Waals surface area contributed by atoms with Crippen molar-refractivity contribution in [3.63, 3.8) is 0 Å². The third kappa shape index (κ3) is 6.14. The summed E-state index contributed by atoms with van der Waals surface area (Å²) in [5.41, 5.74) is 6.87. The monoisotopic (exact) mass is 320 g/mol. The van der Waals surface area contributed by atoms with E-state index in [9.17, 15) is 4.79 Å². The van der Waals surface area contributed by atoms with Gasteiger partial charge in [-0.15, -0.1) is 0 Å². The fourth-order valence-electron chi connectivity index (χ4n) is 2.82. The van der Waals surface area contributed by atoms with Gasteiger partial charge in [0.2, 0.25) is 5.95 Å². The van der Waals surface area contributed by atoms with Crippen molar-refractivity contribution in [3.8, 4) is 0 Å². The molecule has 6 nitrogen and oxygen atoms in total. The minimum Gasteiger partial charge on any atom is -0.378 e. The summed E-state index contributed by atoms with van der Waals surface area (Å²) in [6, 6.07) is 1.73. The summed E-state index contributed by atoms with van der Waals surface area (Å²) in [4.78, 5) is 20.4. The van der Waals surface area contributed by atoms with Crippen LogP contribution < -0.4 is 11.1 Å². The van der Waals surface area contributed by atoms with Crippen LogP contribution in [0.25, 0.3) is 0 Å². The van der Waals surface area contributed by atoms with Gasteiger partial charge in [0, 0.05) is 18.8 Å². The van der Waals surface area contributed by atoms with Gasteiger partial charge < -0.3 is 15.8 Å². The molecule has 1 aromatic heterocycles. The van der Waals surface area contributed by atoms with Crippen LogP contribution in [-0.2, 0) is 11.2 Å². The normalized spacial score (nSPS) is 17.6. The number of unbranched alkanes of at least 4 members (excludes halogenated alkanes) is 1. The first-order valence-corrected chi connectivity index (χ1v) is 8.58. The molecule has 3 N–H and O–H groups in total. The van der Waals surface area contributed by atoms with Crippen LogP contribution in [0.4, 0.5) is 5.95 Å². The molecule has 128 valence electrons. The number of amides is 1. The van der Waals surface area contributed by atoms with Crippen LogP contribution >= 0.6 is 0 Å². The van der Waals surface area contributed by atoms with Crippen molar-refractivity contribution in [1.29, 1.82) is 0 Å². The van der Waals surface area contributed by atoms with Crippen LogP contribution in [0.2, 0.25) is 0 Å². The van der Waals surface area contributed by atoms with E-state index < -0.39 is 0 Å². The second-order valence-electron chi connectivity index (χ2n) is 6.59. The van der Waals surface area contributed by atoms with E-state index >= 15 is 0 Å². The van der Waals surface area contributed by atoms with E-state index in [2.05, 4.69) is 29.1 Å². The number of hydrogen-bond donors (Lipinski definition) is 2. The van der Waals surface area contributed by atoms with E-state index in [1.54, 1.807) is 6.07 Å². The van der Waals surface area contributed by atoms with E-state index in [1.165, 1.54) is 12.8 Å². The molecule has 0 saturated carbocycles. The Balaban J connectivity index is 1.75. The third-order valence-electron chi connectivity index (χ3n) is 3.91. The van der Waals surface area contributed by atoms with Gasteiger partial charge in [-0.25, -0.2) is 9.97 Å². The molecule has 2 heterocycles. The fourth-order valence-corrected chi connectivity index (χ4v) is 2.82. The van der Waals surface area contributed by atoms with Gasteiger partial charge in [0.1, 0.15) is 5.69 Å². The highest BCUT2D eigenvalue weighted by Gasteiger charge is 2.15. The Hall–Kier alpha value is -1.69. The largest absolute Gasteiger partial charge is 0.378 e. The zero-order valence-corrected chi connectivity index (χ0v) is 14.2. The molecule has 6 heteroatoms. The molecule has 0 unspecified atom stereocenters. The average molecular weight is 320 g/mol. The molecule has 23 heavy (non-hydrogen) atoms. The van der Waals surface area contributed by atoms with Crippen molar-refractivity contribution in [2.45, 2.75) is 58.5 Å². The van der Waals surface area contributed by atoms with Gasteiger partial charge in [-0.2, -0.15) is 0 Å². The van der Waals surface area contributed by atoms with Crippen LogP contribution in [0.1, 0.15) is 62.1 Å². The molecule has 1 saturated heterocycles. The van der Waals surface area contributed by atoms with Gasteiger partial charge in [0.05, 0.1) is 6.10 Å². The third-order valence-corrected chi connectivity index (χ3v) is 3.91. The lowest BCUT2D eigenvalue weighted by molar-refractivity contribution is 0.0942. The molecule has 0 radical (unpaired) electrons. The number of nitrogens with two attached hydrogens (primary N) is 1. The molecule has 1 atom stereocenters. The molecule has 0 spiro atoms. The highest BCUT2D eigenvalue weighted by Crippen LogP contribution is 2.17. The maximum atomic E-state index is 12.2. The second kappa shape index (κ2) is 8.82. The Bertz CT molecular complexity index is 513. The van der Waals surface area contributed by atoms with Crippen molar-refractivity contribution < 1.29 is 9.53 Å². The predicted molar refractivity (Wildman–Crippen MR) is 90.1 cm³/mol. The van der Waals surface area contributed by atoms with Gasteiger partial charge >= 0.3 is 0 Å². The zero-order valence-electron chi connectivity index (χ0n) is 14.2. The minimum atomic E-state index is -0.179. The average Bonchev–Trinajstić information content (AvgIpc) is 2.98. The van der Waals surface area contributed by atoms with Crippen LogP contribution in [0, 0.1) is 5.92 Å². The van der Waals surface area contributed by atoms with Crippen molar-refractivity contribution in [2.24, 2.45) is 5.92 Å². The lowest BCUT2D eigenvalue weighted by atomic mass is 10.1. The highest BCUT2D eigenvalue weighted by molar-refractivity contribution is 5.92.